The Morgan fingerprint density at radius 2 is 2.07 bits per heavy atom. The van der Waals surface area contributed by atoms with Gasteiger partial charge in [0.25, 0.3) is 0 Å². The third kappa shape index (κ3) is 5.42. The van der Waals surface area contributed by atoms with Crippen LogP contribution in [-0.2, 0) is 9.53 Å². The van der Waals surface area contributed by atoms with Crippen molar-refractivity contribution in [3.8, 4) is 6.07 Å². The van der Waals surface area contributed by atoms with Gasteiger partial charge in [-0.1, -0.05) is 13.2 Å². The summed E-state index contributed by atoms with van der Waals surface area (Å²) < 4.78 is 4.81. The molecule has 0 spiro atoms. The Hall–Kier alpha value is -1.89. The third-order valence-electron chi connectivity index (χ3n) is 1.59. The van der Waals surface area contributed by atoms with Gasteiger partial charge in [0.05, 0.1) is 12.1 Å². The Morgan fingerprint density at radius 3 is 2.53 bits per heavy atom. The number of aliphatic imine (C=N–C) groups is 1. The van der Waals surface area contributed by atoms with Crippen LogP contribution < -0.4 is 0 Å². The highest BCUT2D eigenvalue weighted by atomic mass is 16.5. The van der Waals surface area contributed by atoms with Gasteiger partial charge in [-0.3, -0.25) is 4.99 Å². The summed E-state index contributed by atoms with van der Waals surface area (Å²) in [6.45, 7) is 10.7. The van der Waals surface area contributed by atoms with Gasteiger partial charge in [-0.25, -0.2) is 4.79 Å². The van der Waals surface area contributed by atoms with Crippen molar-refractivity contribution in [3.05, 3.63) is 24.3 Å². The van der Waals surface area contributed by atoms with Gasteiger partial charge >= 0.3 is 5.97 Å². The molecule has 4 heteroatoms. The number of carbonyl (C=O) groups is 1. The van der Waals surface area contributed by atoms with Crippen molar-refractivity contribution in [1.82, 2.24) is 0 Å². The maximum Gasteiger partial charge on any atom is 0.333 e. The highest BCUT2D eigenvalue weighted by Crippen LogP contribution is 1.94. The summed E-state index contributed by atoms with van der Waals surface area (Å²) in [5.41, 5.74) is 1.24. The van der Waals surface area contributed by atoms with Crippen LogP contribution in [0.1, 0.15) is 13.8 Å². The van der Waals surface area contributed by atoms with Gasteiger partial charge in [0.2, 0.25) is 0 Å². The summed E-state index contributed by atoms with van der Waals surface area (Å²) in [4.78, 5) is 15.0. The Kier molecular flexibility index (Phi) is 5.72. The lowest BCUT2D eigenvalue weighted by molar-refractivity contribution is -0.138. The van der Waals surface area contributed by atoms with E-state index in [9.17, 15) is 4.79 Å². The van der Waals surface area contributed by atoms with Crippen molar-refractivity contribution in [3.63, 3.8) is 0 Å². The van der Waals surface area contributed by atoms with Crippen molar-refractivity contribution in [2.45, 2.75) is 13.8 Å². The summed E-state index contributed by atoms with van der Waals surface area (Å²) in [6.07, 6.45) is 0. The van der Waals surface area contributed by atoms with E-state index >= 15 is 0 Å². The predicted molar refractivity (Wildman–Crippen MR) is 58.5 cm³/mol. The van der Waals surface area contributed by atoms with Gasteiger partial charge in [0, 0.05) is 11.3 Å². The highest BCUT2D eigenvalue weighted by molar-refractivity contribution is 6.01. The van der Waals surface area contributed by atoms with Crippen LogP contribution in [0.3, 0.4) is 0 Å². The molecule has 0 saturated carbocycles. The van der Waals surface area contributed by atoms with E-state index in [-0.39, 0.29) is 6.61 Å². The summed E-state index contributed by atoms with van der Waals surface area (Å²) in [5, 5.41) is 8.50. The van der Waals surface area contributed by atoms with Gasteiger partial charge in [0.15, 0.2) is 0 Å². The molecule has 0 unspecified atom stereocenters. The van der Waals surface area contributed by atoms with Gasteiger partial charge in [-0.2, -0.15) is 5.26 Å². The second-order valence-electron chi connectivity index (χ2n) is 2.97. The monoisotopic (exact) mass is 206 g/mol. The molecule has 0 rings (SSSR count). The van der Waals surface area contributed by atoms with Crippen molar-refractivity contribution < 1.29 is 9.53 Å². The summed E-state index contributed by atoms with van der Waals surface area (Å²) in [7, 11) is 0. The van der Waals surface area contributed by atoms with E-state index in [2.05, 4.69) is 18.2 Å². The Morgan fingerprint density at radius 1 is 1.47 bits per heavy atom. The number of esters is 1. The molecule has 0 amide bonds. The number of hydrogen-bond acceptors (Lipinski definition) is 4. The maximum absolute atomic E-state index is 10.9. The van der Waals surface area contributed by atoms with E-state index in [1.165, 1.54) is 0 Å². The normalized spacial score (nSPS) is 10.3. The first-order valence-corrected chi connectivity index (χ1v) is 4.42. The minimum absolute atomic E-state index is 0.182. The fourth-order valence-corrected chi connectivity index (χ4v) is 0.651. The number of rotatable bonds is 5. The molecule has 0 radical (unpaired) electrons. The molecule has 80 valence electrons. The first kappa shape index (κ1) is 13.1. The van der Waals surface area contributed by atoms with Crippen LogP contribution in [0.2, 0.25) is 0 Å². The molecule has 0 fully saturated rings. The standard InChI is InChI=1S/C11H14N2O2/c1-8(2)11(14)15-6-5-13-10(4)9(3)7-12/h1,3,5-6H2,2,4H3. The van der Waals surface area contributed by atoms with Crippen LogP contribution in [0.5, 0.6) is 0 Å². The third-order valence-corrected chi connectivity index (χ3v) is 1.59. The molecule has 0 aliphatic carbocycles. The molecular formula is C11H14N2O2. The summed E-state index contributed by atoms with van der Waals surface area (Å²) >= 11 is 0. The molecule has 0 aromatic rings. The van der Waals surface area contributed by atoms with E-state index in [0.717, 1.165) is 0 Å². The molecule has 0 aliphatic rings. The van der Waals surface area contributed by atoms with Crippen LogP contribution in [0, 0.1) is 11.3 Å². The molecule has 0 bridgehead atoms. The van der Waals surface area contributed by atoms with Crippen LogP contribution in [-0.4, -0.2) is 24.8 Å². The molecule has 0 atom stereocenters. The minimum Gasteiger partial charge on any atom is -0.460 e. The zero-order chi connectivity index (χ0) is 11.8. The lowest BCUT2D eigenvalue weighted by atomic mass is 10.2. The second-order valence-corrected chi connectivity index (χ2v) is 2.97. The van der Waals surface area contributed by atoms with Crippen molar-refractivity contribution in [2.75, 3.05) is 13.2 Å². The zero-order valence-electron chi connectivity index (χ0n) is 9.04. The summed E-state index contributed by atoms with van der Waals surface area (Å²) in [5.74, 6) is -0.429. The van der Waals surface area contributed by atoms with Crippen molar-refractivity contribution >= 4 is 11.7 Å². The van der Waals surface area contributed by atoms with E-state index in [4.69, 9.17) is 10.00 Å². The lowest BCUT2D eigenvalue weighted by Crippen LogP contribution is -2.09. The van der Waals surface area contributed by atoms with Gasteiger partial charge in [-0.05, 0) is 13.8 Å². The number of nitriles is 1. The molecule has 0 saturated heterocycles. The van der Waals surface area contributed by atoms with E-state index in [1.54, 1.807) is 13.8 Å². The molecule has 0 N–H and O–H groups in total. The van der Waals surface area contributed by atoms with Gasteiger partial charge < -0.3 is 4.74 Å². The molecule has 4 nitrogen and oxygen atoms in total. The maximum atomic E-state index is 10.9. The predicted octanol–water partition coefficient (Wildman–Crippen LogP) is 1.65. The molecule has 0 aromatic carbocycles. The average Bonchev–Trinajstić information content (AvgIpc) is 2.22. The topological polar surface area (TPSA) is 62.4 Å². The largest absolute Gasteiger partial charge is 0.460 e. The number of nitrogens with zero attached hydrogens (tertiary/aromatic N) is 2. The molecule has 0 aromatic heterocycles. The second kappa shape index (κ2) is 6.55. The van der Waals surface area contributed by atoms with Crippen LogP contribution in [0.15, 0.2) is 29.3 Å². The Labute approximate surface area is 89.6 Å². The van der Waals surface area contributed by atoms with Crippen LogP contribution in [0.25, 0.3) is 0 Å². The first-order valence-electron chi connectivity index (χ1n) is 4.42. The average molecular weight is 206 g/mol. The lowest BCUT2D eigenvalue weighted by Gasteiger charge is -2.02. The molecule has 15 heavy (non-hydrogen) atoms. The fourth-order valence-electron chi connectivity index (χ4n) is 0.651. The van der Waals surface area contributed by atoms with Gasteiger partial charge in [-0.15, -0.1) is 0 Å². The number of allylic oxidation sites excluding steroid dienone is 1. The van der Waals surface area contributed by atoms with Crippen LogP contribution >= 0.6 is 0 Å². The van der Waals surface area contributed by atoms with Crippen LogP contribution in [0.4, 0.5) is 0 Å². The van der Waals surface area contributed by atoms with Crippen molar-refractivity contribution in [2.24, 2.45) is 4.99 Å². The SMILES string of the molecule is C=C(C)C(=O)OCCN=C(C)C(=C)C#N. The Balaban J connectivity index is 3.91. The Bertz CT molecular complexity index is 348. The highest BCUT2D eigenvalue weighted by Gasteiger charge is 2.01. The number of carbonyl (C=O) groups excluding carboxylic acids is 1. The zero-order valence-corrected chi connectivity index (χ0v) is 9.04. The smallest absolute Gasteiger partial charge is 0.333 e. The van der Waals surface area contributed by atoms with Gasteiger partial charge in [0.1, 0.15) is 12.7 Å². The van der Waals surface area contributed by atoms with Crippen molar-refractivity contribution in [1.29, 1.82) is 5.26 Å². The molecular weight excluding hydrogens is 192 g/mol. The van der Waals surface area contributed by atoms with E-state index < -0.39 is 5.97 Å². The summed E-state index contributed by atoms with van der Waals surface area (Å²) in [6, 6.07) is 1.89. The molecule has 0 aliphatic heterocycles. The fraction of sp³-hybridized carbons (Fsp3) is 0.364. The molecule has 0 heterocycles. The van der Waals surface area contributed by atoms with E-state index in [1.807, 2.05) is 6.07 Å². The number of hydrogen-bond donors (Lipinski definition) is 0. The number of ether oxygens (including phenoxy) is 1. The van der Waals surface area contributed by atoms with E-state index in [0.29, 0.717) is 23.4 Å². The first-order chi connectivity index (χ1) is 6.99. The quantitative estimate of drug-likeness (QED) is 0.226. The minimum atomic E-state index is -0.429.